The lowest BCUT2D eigenvalue weighted by molar-refractivity contribution is -0.0933. The van der Waals surface area contributed by atoms with Crippen LogP contribution in [0.1, 0.15) is 13.3 Å². The second-order valence-electron chi connectivity index (χ2n) is 4.14. The molecule has 0 saturated heterocycles. The quantitative estimate of drug-likeness (QED) is 0.717. The van der Waals surface area contributed by atoms with Crippen molar-refractivity contribution >= 4 is 5.71 Å². The minimum Gasteiger partial charge on any atom is -0.394 e. The highest BCUT2D eigenvalue weighted by Gasteiger charge is 2.57. The molecule has 3 N–H and O–H groups in total. The number of aliphatic hydroxyl groups is 1. The molecule has 0 aromatic rings. The zero-order valence-corrected chi connectivity index (χ0v) is 8.75. The highest BCUT2D eigenvalue weighted by molar-refractivity contribution is 6.08. The Labute approximate surface area is 90.8 Å². The third kappa shape index (κ3) is 1.61. The molecule has 3 unspecified atom stereocenters. The van der Waals surface area contributed by atoms with Crippen molar-refractivity contribution in [3.8, 4) is 0 Å². The van der Waals surface area contributed by atoms with Gasteiger partial charge in [-0.25, -0.2) is 0 Å². The Morgan fingerprint density at radius 1 is 1.56 bits per heavy atom. The average Bonchev–Trinajstić information content (AvgIpc) is 2.89. The third-order valence-corrected chi connectivity index (χ3v) is 3.10. The number of alkyl halides is 3. The van der Waals surface area contributed by atoms with E-state index in [-0.39, 0.29) is 23.1 Å². The molecular formula is C10H13F3N2O. The molecule has 0 aromatic heterocycles. The van der Waals surface area contributed by atoms with Gasteiger partial charge in [0.1, 0.15) is 5.70 Å². The molecule has 2 saturated carbocycles. The van der Waals surface area contributed by atoms with Crippen LogP contribution in [0.25, 0.3) is 0 Å². The summed E-state index contributed by atoms with van der Waals surface area (Å²) in [7, 11) is 0. The Bertz CT molecular complexity index is 373. The van der Waals surface area contributed by atoms with Gasteiger partial charge in [-0.2, -0.15) is 13.2 Å². The molecule has 0 heterocycles. The number of hydrogen-bond donors (Lipinski definition) is 2. The number of fused-ring (bicyclic) bond motifs is 1. The number of aliphatic imine (C=N–C) groups is 1. The van der Waals surface area contributed by atoms with Crippen molar-refractivity contribution in [3.63, 3.8) is 0 Å². The molecule has 2 aliphatic rings. The Morgan fingerprint density at radius 2 is 2.19 bits per heavy atom. The van der Waals surface area contributed by atoms with Crippen molar-refractivity contribution in [2.24, 2.45) is 22.6 Å². The van der Waals surface area contributed by atoms with E-state index < -0.39 is 18.0 Å². The van der Waals surface area contributed by atoms with Crippen LogP contribution in [0.15, 0.2) is 16.3 Å². The summed E-state index contributed by atoms with van der Waals surface area (Å²) >= 11 is 0. The summed E-state index contributed by atoms with van der Waals surface area (Å²) in [6.45, 7) is 2.06. The molecule has 6 heteroatoms. The van der Waals surface area contributed by atoms with Crippen LogP contribution in [0.4, 0.5) is 13.2 Å². The van der Waals surface area contributed by atoms with Gasteiger partial charge in [-0.15, -0.1) is 0 Å². The number of nitrogens with zero attached hydrogens (tertiary/aromatic N) is 1. The molecule has 0 aliphatic heterocycles. The van der Waals surface area contributed by atoms with E-state index in [1.54, 1.807) is 6.92 Å². The van der Waals surface area contributed by atoms with E-state index in [1.807, 2.05) is 0 Å². The number of hydrogen-bond acceptors (Lipinski definition) is 3. The Hall–Kier alpha value is -1.04. The largest absolute Gasteiger partial charge is 0.431 e. The standard InChI is InChI=1S/C10H13F3N2O/c1-2-15-7-6(9(14)10(11,12)13)4-3-5(4)8(7)16/h4-5,8,16H,2-3,14H2,1H3. The van der Waals surface area contributed by atoms with Crippen molar-refractivity contribution < 1.29 is 18.3 Å². The van der Waals surface area contributed by atoms with Gasteiger partial charge in [0, 0.05) is 12.1 Å². The average molecular weight is 234 g/mol. The van der Waals surface area contributed by atoms with E-state index in [9.17, 15) is 18.3 Å². The van der Waals surface area contributed by atoms with Gasteiger partial charge in [-0.3, -0.25) is 4.99 Å². The van der Waals surface area contributed by atoms with E-state index in [4.69, 9.17) is 5.73 Å². The molecule has 0 bridgehead atoms. The van der Waals surface area contributed by atoms with Gasteiger partial charge in [0.25, 0.3) is 0 Å². The Morgan fingerprint density at radius 3 is 2.69 bits per heavy atom. The number of rotatable bonds is 1. The summed E-state index contributed by atoms with van der Waals surface area (Å²) in [5.41, 5.74) is 4.18. The van der Waals surface area contributed by atoms with E-state index in [2.05, 4.69) is 4.99 Å². The van der Waals surface area contributed by atoms with Crippen molar-refractivity contribution in [2.75, 3.05) is 6.54 Å². The molecule has 0 aromatic carbocycles. The van der Waals surface area contributed by atoms with Crippen LogP contribution in [-0.2, 0) is 0 Å². The fraction of sp³-hybridized carbons (Fsp3) is 0.700. The zero-order valence-electron chi connectivity index (χ0n) is 8.75. The first-order valence-electron chi connectivity index (χ1n) is 5.17. The Kier molecular flexibility index (Phi) is 2.49. The molecule has 0 radical (unpaired) electrons. The topological polar surface area (TPSA) is 58.6 Å². The summed E-state index contributed by atoms with van der Waals surface area (Å²) < 4.78 is 37.5. The van der Waals surface area contributed by atoms with E-state index >= 15 is 0 Å². The van der Waals surface area contributed by atoms with Crippen molar-refractivity contribution in [3.05, 3.63) is 11.3 Å². The first-order chi connectivity index (χ1) is 7.38. The van der Waals surface area contributed by atoms with Crippen molar-refractivity contribution in [1.82, 2.24) is 0 Å². The van der Waals surface area contributed by atoms with Crippen LogP contribution in [-0.4, -0.2) is 29.6 Å². The van der Waals surface area contributed by atoms with Gasteiger partial charge < -0.3 is 10.8 Å². The van der Waals surface area contributed by atoms with Crippen LogP contribution in [0.3, 0.4) is 0 Å². The second kappa shape index (κ2) is 3.48. The highest BCUT2D eigenvalue weighted by atomic mass is 19.4. The summed E-state index contributed by atoms with van der Waals surface area (Å²) in [6, 6.07) is 0. The van der Waals surface area contributed by atoms with E-state index in [0.717, 1.165) is 0 Å². The molecule has 2 aliphatic carbocycles. The first-order valence-corrected chi connectivity index (χ1v) is 5.17. The number of halogens is 3. The maximum atomic E-state index is 12.5. The fourth-order valence-corrected chi connectivity index (χ4v) is 2.29. The SMILES string of the molecule is CCN=C1C(=C(N)C(F)(F)F)C2CC2C1O. The predicted octanol–water partition coefficient (Wildman–Crippen LogP) is 1.23. The lowest BCUT2D eigenvalue weighted by Gasteiger charge is -2.14. The second-order valence-corrected chi connectivity index (χ2v) is 4.14. The van der Waals surface area contributed by atoms with E-state index in [1.165, 1.54) is 0 Å². The molecule has 3 atom stereocenters. The van der Waals surface area contributed by atoms with Crippen LogP contribution in [0.2, 0.25) is 0 Å². The summed E-state index contributed by atoms with van der Waals surface area (Å²) in [6.07, 6.45) is -4.84. The van der Waals surface area contributed by atoms with Crippen LogP contribution in [0, 0.1) is 11.8 Å². The molecule has 2 fully saturated rings. The van der Waals surface area contributed by atoms with E-state index in [0.29, 0.717) is 13.0 Å². The fourth-order valence-electron chi connectivity index (χ4n) is 2.29. The van der Waals surface area contributed by atoms with Gasteiger partial charge in [0.15, 0.2) is 0 Å². The number of aliphatic hydroxyl groups excluding tert-OH is 1. The molecule has 16 heavy (non-hydrogen) atoms. The molecule has 0 spiro atoms. The first kappa shape index (κ1) is 11.4. The van der Waals surface area contributed by atoms with Gasteiger partial charge in [0.05, 0.1) is 11.8 Å². The summed E-state index contributed by atoms with van der Waals surface area (Å²) in [4.78, 5) is 3.93. The minimum absolute atomic E-state index is 0.0202. The van der Waals surface area contributed by atoms with Crippen molar-refractivity contribution in [2.45, 2.75) is 25.6 Å². The molecular weight excluding hydrogens is 221 g/mol. The Balaban J connectivity index is 2.43. The number of allylic oxidation sites excluding steroid dienone is 1. The lowest BCUT2D eigenvalue weighted by Crippen LogP contribution is -2.27. The molecule has 90 valence electrons. The predicted molar refractivity (Wildman–Crippen MR) is 52.8 cm³/mol. The molecule has 3 nitrogen and oxygen atoms in total. The van der Waals surface area contributed by atoms with Gasteiger partial charge in [-0.1, -0.05) is 0 Å². The number of nitrogens with two attached hydrogens (primary N) is 1. The minimum atomic E-state index is -4.54. The van der Waals surface area contributed by atoms with Crippen molar-refractivity contribution in [1.29, 1.82) is 0 Å². The zero-order chi connectivity index (χ0) is 12.1. The summed E-state index contributed by atoms with van der Waals surface area (Å²) in [5.74, 6) is -0.358. The normalized spacial score (nSPS) is 38.8. The molecule has 0 amide bonds. The van der Waals surface area contributed by atoms with Gasteiger partial charge in [-0.05, 0) is 25.2 Å². The highest BCUT2D eigenvalue weighted by Crippen LogP contribution is 2.55. The monoisotopic (exact) mass is 234 g/mol. The third-order valence-electron chi connectivity index (χ3n) is 3.10. The smallest absolute Gasteiger partial charge is 0.394 e. The molecule has 2 rings (SSSR count). The summed E-state index contributed by atoms with van der Waals surface area (Å²) in [5, 5.41) is 9.73. The lowest BCUT2D eigenvalue weighted by atomic mass is 10.0. The maximum absolute atomic E-state index is 12.5. The van der Waals surface area contributed by atoms with Crippen LogP contribution < -0.4 is 5.73 Å². The van der Waals surface area contributed by atoms with Crippen LogP contribution >= 0.6 is 0 Å². The maximum Gasteiger partial charge on any atom is 0.431 e. The van der Waals surface area contributed by atoms with Gasteiger partial charge in [0.2, 0.25) is 0 Å². The van der Waals surface area contributed by atoms with Crippen LogP contribution in [0.5, 0.6) is 0 Å². The van der Waals surface area contributed by atoms with Gasteiger partial charge >= 0.3 is 6.18 Å².